The molecule has 0 unspecified atom stereocenters. The van der Waals surface area contributed by atoms with Gasteiger partial charge >= 0.3 is 5.97 Å². The SMILES string of the molecule is CCOCCNc1ccc(S(=O)(=O)N(C)C)cc1C(=O)O. The van der Waals surface area contributed by atoms with E-state index < -0.39 is 16.0 Å². The van der Waals surface area contributed by atoms with Crippen LogP contribution >= 0.6 is 0 Å². The number of hydrogen-bond acceptors (Lipinski definition) is 5. The molecule has 0 saturated heterocycles. The number of rotatable bonds is 8. The van der Waals surface area contributed by atoms with E-state index in [-0.39, 0.29) is 10.5 Å². The van der Waals surface area contributed by atoms with Gasteiger partial charge in [-0.2, -0.15) is 0 Å². The van der Waals surface area contributed by atoms with Gasteiger partial charge in [0, 0.05) is 32.9 Å². The van der Waals surface area contributed by atoms with Crippen molar-refractivity contribution < 1.29 is 23.1 Å². The van der Waals surface area contributed by atoms with Crippen LogP contribution in [-0.4, -0.2) is 57.7 Å². The third-order valence-corrected chi connectivity index (χ3v) is 4.58. The molecule has 0 aliphatic rings. The summed E-state index contributed by atoms with van der Waals surface area (Å²) in [5, 5.41) is 12.1. The van der Waals surface area contributed by atoms with Crippen LogP contribution in [0.5, 0.6) is 0 Å². The van der Waals surface area contributed by atoms with Gasteiger partial charge in [0.2, 0.25) is 10.0 Å². The summed E-state index contributed by atoms with van der Waals surface area (Å²) >= 11 is 0. The Bertz CT molecular complexity index is 599. The molecule has 118 valence electrons. The first-order valence-electron chi connectivity index (χ1n) is 6.42. The summed E-state index contributed by atoms with van der Waals surface area (Å²) < 4.78 is 30.2. The number of anilines is 1. The topological polar surface area (TPSA) is 95.9 Å². The van der Waals surface area contributed by atoms with Gasteiger partial charge in [0.1, 0.15) is 0 Å². The van der Waals surface area contributed by atoms with Crippen LogP contribution < -0.4 is 5.32 Å². The zero-order valence-electron chi connectivity index (χ0n) is 12.3. The van der Waals surface area contributed by atoms with Gasteiger partial charge in [0.15, 0.2) is 0 Å². The van der Waals surface area contributed by atoms with E-state index in [2.05, 4.69) is 5.32 Å². The fourth-order valence-electron chi connectivity index (χ4n) is 1.63. The number of hydrogen-bond donors (Lipinski definition) is 2. The van der Waals surface area contributed by atoms with Crippen molar-refractivity contribution in [2.45, 2.75) is 11.8 Å². The van der Waals surface area contributed by atoms with E-state index in [1.807, 2.05) is 6.92 Å². The van der Waals surface area contributed by atoms with Gasteiger partial charge in [-0.3, -0.25) is 0 Å². The van der Waals surface area contributed by atoms with Crippen LogP contribution in [0.3, 0.4) is 0 Å². The number of carbonyl (C=O) groups is 1. The molecule has 1 aromatic carbocycles. The molecule has 1 aromatic rings. The van der Waals surface area contributed by atoms with E-state index in [1.165, 1.54) is 26.2 Å². The Morgan fingerprint density at radius 3 is 2.57 bits per heavy atom. The van der Waals surface area contributed by atoms with Gasteiger partial charge in [0.05, 0.1) is 17.1 Å². The number of carboxylic acid groups (broad SMARTS) is 1. The van der Waals surface area contributed by atoms with Crippen molar-refractivity contribution in [3.05, 3.63) is 23.8 Å². The van der Waals surface area contributed by atoms with Crippen molar-refractivity contribution in [1.29, 1.82) is 0 Å². The molecular formula is C13H20N2O5S. The van der Waals surface area contributed by atoms with E-state index in [0.29, 0.717) is 25.4 Å². The molecule has 0 fully saturated rings. The number of benzene rings is 1. The van der Waals surface area contributed by atoms with Crippen molar-refractivity contribution in [1.82, 2.24) is 4.31 Å². The summed E-state index contributed by atoms with van der Waals surface area (Å²) in [6.45, 7) is 3.32. The molecule has 21 heavy (non-hydrogen) atoms. The molecule has 0 atom stereocenters. The summed E-state index contributed by atoms with van der Waals surface area (Å²) in [7, 11) is -0.876. The van der Waals surface area contributed by atoms with Crippen LogP contribution in [0.25, 0.3) is 0 Å². The third-order valence-electron chi connectivity index (χ3n) is 2.77. The normalized spacial score (nSPS) is 11.6. The Morgan fingerprint density at radius 2 is 2.05 bits per heavy atom. The minimum Gasteiger partial charge on any atom is -0.478 e. The largest absolute Gasteiger partial charge is 0.478 e. The van der Waals surface area contributed by atoms with Gasteiger partial charge in [-0.15, -0.1) is 0 Å². The molecule has 1 rings (SSSR count). The summed E-state index contributed by atoms with van der Waals surface area (Å²) in [4.78, 5) is 11.2. The highest BCUT2D eigenvalue weighted by molar-refractivity contribution is 7.89. The molecule has 0 aliphatic heterocycles. The first kappa shape index (κ1) is 17.4. The molecule has 7 nitrogen and oxygen atoms in total. The monoisotopic (exact) mass is 316 g/mol. The minimum absolute atomic E-state index is 0.0553. The first-order valence-corrected chi connectivity index (χ1v) is 7.86. The van der Waals surface area contributed by atoms with E-state index in [1.54, 1.807) is 0 Å². The predicted octanol–water partition coefficient (Wildman–Crippen LogP) is 1.08. The number of ether oxygens (including phenoxy) is 1. The number of sulfonamides is 1. The van der Waals surface area contributed by atoms with Crippen molar-refractivity contribution in [3.8, 4) is 0 Å². The average molecular weight is 316 g/mol. The Labute approximate surface area is 124 Å². The van der Waals surface area contributed by atoms with Crippen molar-refractivity contribution in [2.24, 2.45) is 0 Å². The maximum Gasteiger partial charge on any atom is 0.337 e. The molecule has 0 heterocycles. The Hall–Kier alpha value is -1.64. The minimum atomic E-state index is -3.66. The van der Waals surface area contributed by atoms with E-state index >= 15 is 0 Å². The van der Waals surface area contributed by atoms with Crippen LogP contribution in [0.1, 0.15) is 17.3 Å². The molecule has 0 radical (unpaired) electrons. The smallest absolute Gasteiger partial charge is 0.337 e. The predicted molar refractivity (Wildman–Crippen MR) is 79.3 cm³/mol. The van der Waals surface area contributed by atoms with Crippen LogP contribution in [-0.2, 0) is 14.8 Å². The molecular weight excluding hydrogens is 296 g/mol. The highest BCUT2D eigenvalue weighted by atomic mass is 32.2. The van der Waals surface area contributed by atoms with Gasteiger partial charge in [-0.1, -0.05) is 0 Å². The lowest BCUT2D eigenvalue weighted by molar-refractivity contribution is 0.0697. The molecule has 0 aromatic heterocycles. The highest BCUT2D eigenvalue weighted by Gasteiger charge is 2.20. The lowest BCUT2D eigenvalue weighted by atomic mass is 10.2. The van der Waals surface area contributed by atoms with E-state index in [4.69, 9.17) is 4.74 Å². The summed E-state index contributed by atoms with van der Waals surface area (Å²) in [5.74, 6) is -1.19. The van der Waals surface area contributed by atoms with Crippen LogP contribution in [0.2, 0.25) is 0 Å². The first-order chi connectivity index (χ1) is 9.80. The Kier molecular flexibility index (Phi) is 6.13. The second kappa shape index (κ2) is 7.39. The van der Waals surface area contributed by atoms with Crippen molar-refractivity contribution >= 4 is 21.7 Å². The van der Waals surface area contributed by atoms with Gasteiger partial charge < -0.3 is 15.2 Å². The van der Waals surface area contributed by atoms with Crippen molar-refractivity contribution in [2.75, 3.05) is 39.2 Å². The molecule has 0 bridgehead atoms. The quantitative estimate of drug-likeness (QED) is 0.697. The second-order valence-corrected chi connectivity index (χ2v) is 6.58. The lowest BCUT2D eigenvalue weighted by Gasteiger charge is -2.14. The maximum absolute atomic E-state index is 12.0. The Morgan fingerprint density at radius 1 is 1.38 bits per heavy atom. The zero-order valence-corrected chi connectivity index (χ0v) is 13.1. The van der Waals surface area contributed by atoms with E-state index in [0.717, 1.165) is 10.4 Å². The third kappa shape index (κ3) is 4.42. The lowest BCUT2D eigenvalue weighted by Crippen LogP contribution is -2.22. The number of aromatic carboxylic acids is 1. The van der Waals surface area contributed by atoms with Gasteiger partial charge in [0.25, 0.3) is 0 Å². The average Bonchev–Trinajstić information content (AvgIpc) is 2.43. The summed E-state index contributed by atoms with van der Waals surface area (Å²) in [6.07, 6.45) is 0. The van der Waals surface area contributed by atoms with Crippen LogP contribution in [0.15, 0.2) is 23.1 Å². The molecule has 8 heteroatoms. The summed E-state index contributed by atoms with van der Waals surface area (Å²) in [6, 6.07) is 3.98. The summed E-state index contributed by atoms with van der Waals surface area (Å²) in [5.41, 5.74) is 0.273. The van der Waals surface area contributed by atoms with E-state index in [9.17, 15) is 18.3 Å². The maximum atomic E-state index is 12.0. The molecule has 2 N–H and O–H groups in total. The fraction of sp³-hybridized carbons (Fsp3) is 0.462. The second-order valence-electron chi connectivity index (χ2n) is 4.42. The number of nitrogens with one attached hydrogen (secondary N) is 1. The zero-order chi connectivity index (χ0) is 16.0. The van der Waals surface area contributed by atoms with Crippen molar-refractivity contribution in [3.63, 3.8) is 0 Å². The van der Waals surface area contributed by atoms with Crippen LogP contribution in [0.4, 0.5) is 5.69 Å². The van der Waals surface area contributed by atoms with Gasteiger partial charge in [-0.05, 0) is 25.1 Å². The molecule has 0 aliphatic carbocycles. The molecule has 0 spiro atoms. The number of carboxylic acids is 1. The molecule has 0 saturated carbocycles. The molecule has 0 amide bonds. The highest BCUT2D eigenvalue weighted by Crippen LogP contribution is 2.22. The van der Waals surface area contributed by atoms with Crippen LogP contribution in [0, 0.1) is 0 Å². The Balaban J connectivity index is 3.06. The standard InChI is InChI=1S/C13H20N2O5S/c1-4-20-8-7-14-12-6-5-10(9-11(12)13(16)17)21(18,19)15(2)3/h5-6,9,14H,4,7-8H2,1-3H3,(H,16,17). The van der Waals surface area contributed by atoms with Gasteiger partial charge in [-0.25, -0.2) is 17.5 Å². The number of nitrogens with zero attached hydrogens (tertiary/aromatic N) is 1. The fourth-order valence-corrected chi connectivity index (χ4v) is 2.56.